The van der Waals surface area contributed by atoms with Gasteiger partial charge in [-0.05, 0) is 25.0 Å². The van der Waals surface area contributed by atoms with Gasteiger partial charge in [0.05, 0.1) is 0 Å². The number of carbonyl (C=O) groups is 1. The van der Waals surface area contributed by atoms with Crippen LogP contribution in [0.4, 0.5) is 5.69 Å². The summed E-state index contributed by atoms with van der Waals surface area (Å²) >= 11 is 0. The van der Waals surface area contributed by atoms with Gasteiger partial charge in [-0.1, -0.05) is 23.4 Å². The van der Waals surface area contributed by atoms with Crippen molar-refractivity contribution in [1.29, 1.82) is 0 Å². The summed E-state index contributed by atoms with van der Waals surface area (Å²) in [5, 5.41) is 13.2. The summed E-state index contributed by atoms with van der Waals surface area (Å²) in [6.45, 7) is 1.79. The Morgan fingerprint density at radius 3 is 3.00 bits per heavy atom. The smallest absolute Gasteiger partial charge is 0.242 e. The molecule has 3 aromatic rings. The molecule has 4 rings (SSSR count). The van der Waals surface area contributed by atoms with Crippen LogP contribution in [-0.4, -0.2) is 31.2 Å². The van der Waals surface area contributed by atoms with Crippen LogP contribution in [0.25, 0.3) is 11.6 Å². The van der Waals surface area contributed by atoms with E-state index < -0.39 is 5.41 Å². The molecule has 2 aromatic heterocycles. The minimum Gasteiger partial charge on any atom is -0.338 e. The second kappa shape index (κ2) is 4.48. The van der Waals surface area contributed by atoms with E-state index in [-0.39, 0.29) is 17.6 Å². The number of hydrogen-bond donors (Lipinski definition) is 2. The summed E-state index contributed by atoms with van der Waals surface area (Å²) in [6.07, 6.45) is 1.85. The fourth-order valence-corrected chi connectivity index (χ4v) is 2.55. The normalized spacial score (nSPS) is 20.5. The predicted octanol–water partition coefficient (Wildman–Crippen LogP) is 1.31. The number of fused-ring (bicyclic) bond motifs is 1. The lowest BCUT2D eigenvalue weighted by atomic mass is 9.79. The third-order valence-corrected chi connectivity index (χ3v) is 3.84. The lowest BCUT2D eigenvalue weighted by molar-refractivity contribution is -0.122. The number of nitrogens with zero attached hydrogens (tertiary/aromatic N) is 4. The molecule has 1 amide bonds. The average molecular weight is 296 g/mol. The zero-order valence-electron chi connectivity index (χ0n) is 11.7. The zero-order chi connectivity index (χ0) is 15.2. The van der Waals surface area contributed by atoms with Crippen molar-refractivity contribution < 1.29 is 9.32 Å². The van der Waals surface area contributed by atoms with Crippen molar-refractivity contribution in [3.05, 3.63) is 42.0 Å². The summed E-state index contributed by atoms with van der Waals surface area (Å²) in [6, 6.07) is 7.67. The molecule has 0 bridgehead atoms. The number of amides is 1. The monoisotopic (exact) mass is 296 g/mol. The van der Waals surface area contributed by atoms with E-state index in [0.717, 1.165) is 11.3 Å². The number of carbonyl (C=O) groups excluding carboxylic acids is 1. The Labute approximate surface area is 125 Å². The van der Waals surface area contributed by atoms with Crippen LogP contribution < -0.4 is 5.32 Å². The minimum absolute atomic E-state index is 0.168. The number of anilines is 1. The maximum Gasteiger partial charge on any atom is 0.242 e. The molecule has 22 heavy (non-hydrogen) atoms. The number of H-pyrrole nitrogens is 1. The van der Waals surface area contributed by atoms with Crippen LogP contribution in [0.3, 0.4) is 0 Å². The Hall–Kier alpha value is -3.03. The van der Waals surface area contributed by atoms with Crippen LogP contribution in [0, 0.1) is 0 Å². The van der Waals surface area contributed by atoms with Crippen molar-refractivity contribution in [2.75, 3.05) is 5.32 Å². The van der Waals surface area contributed by atoms with E-state index in [4.69, 9.17) is 4.52 Å². The first-order valence-corrected chi connectivity index (χ1v) is 6.76. The highest BCUT2D eigenvalue weighted by Gasteiger charge is 2.44. The Morgan fingerprint density at radius 1 is 1.32 bits per heavy atom. The molecule has 1 unspecified atom stereocenters. The van der Waals surface area contributed by atoms with Crippen LogP contribution in [0.5, 0.6) is 0 Å². The second-order valence-electron chi connectivity index (χ2n) is 5.38. The number of hydrogen-bond acceptors (Lipinski definition) is 6. The van der Waals surface area contributed by atoms with Gasteiger partial charge in [0.1, 0.15) is 11.7 Å². The highest BCUT2D eigenvalue weighted by molar-refractivity contribution is 6.01. The van der Waals surface area contributed by atoms with Gasteiger partial charge in [-0.25, -0.2) is 4.98 Å². The van der Waals surface area contributed by atoms with Crippen molar-refractivity contribution in [3.8, 4) is 11.6 Å². The first-order chi connectivity index (χ1) is 10.7. The summed E-state index contributed by atoms with van der Waals surface area (Å²) in [4.78, 5) is 20.8. The van der Waals surface area contributed by atoms with Crippen molar-refractivity contribution >= 4 is 11.6 Å². The van der Waals surface area contributed by atoms with E-state index in [2.05, 4.69) is 30.6 Å². The van der Waals surface area contributed by atoms with Gasteiger partial charge in [0.2, 0.25) is 17.6 Å². The van der Waals surface area contributed by atoms with Gasteiger partial charge >= 0.3 is 0 Å². The van der Waals surface area contributed by atoms with Crippen molar-refractivity contribution in [1.82, 2.24) is 25.3 Å². The Kier molecular flexibility index (Phi) is 2.59. The van der Waals surface area contributed by atoms with Gasteiger partial charge in [0, 0.05) is 5.69 Å². The first-order valence-electron chi connectivity index (χ1n) is 6.76. The zero-order valence-corrected chi connectivity index (χ0v) is 11.7. The first kappa shape index (κ1) is 12.7. The third-order valence-electron chi connectivity index (χ3n) is 3.84. The minimum atomic E-state index is -0.917. The molecule has 0 saturated carbocycles. The van der Waals surface area contributed by atoms with Gasteiger partial charge in [0.25, 0.3) is 0 Å². The van der Waals surface area contributed by atoms with Crippen LogP contribution in [-0.2, 0) is 16.6 Å². The SMILES string of the molecule is CC1(c2nc(-c3ncn[nH]3)no2)Cc2ccccc2NC1=O. The summed E-state index contributed by atoms with van der Waals surface area (Å²) in [5.41, 5.74) is 0.934. The molecule has 0 fully saturated rings. The molecule has 1 aromatic carbocycles. The van der Waals surface area contributed by atoms with Crippen LogP contribution in [0.1, 0.15) is 18.4 Å². The molecule has 8 nitrogen and oxygen atoms in total. The largest absolute Gasteiger partial charge is 0.338 e. The van der Waals surface area contributed by atoms with Crippen LogP contribution in [0.15, 0.2) is 35.1 Å². The molecule has 1 aliphatic heterocycles. The molecule has 0 saturated heterocycles. The molecule has 0 aliphatic carbocycles. The van der Waals surface area contributed by atoms with E-state index in [1.54, 1.807) is 6.92 Å². The van der Waals surface area contributed by atoms with Crippen molar-refractivity contribution in [2.45, 2.75) is 18.8 Å². The van der Waals surface area contributed by atoms with Gasteiger partial charge in [-0.3, -0.25) is 9.89 Å². The molecule has 1 aliphatic rings. The number of benzene rings is 1. The summed E-state index contributed by atoms with van der Waals surface area (Å²) in [5.74, 6) is 0.764. The standard InChI is InChI=1S/C14H12N6O2/c1-14(6-8-4-2-3-5-9(8)17-12(14)21)13-18-11(20-22-13)10-15-7-16-19-10/h2-5,7H,6H2,1H3,(H,17,21)(H,15,16,19). The van der Waals surface area contributed by atoms with E-state index in [9.17, 15) is 4.79 Å². The van der Waals surface area contributed by atoms with Crippen LogP contribution >= 0.6 is 0 Å². The summed E-state index contributed by atoms with van der Waals surface area (Å²) < 4.78 is 5.31. The lowest BCUT2D eigenvalue weighted by Crippen LogP contribution is -2.43. The van der Waals surface area contributed by atoms with E-state index >= 15 is 0 Å². The quantitative estimate of drug-likeness (QED) is 0.737. The molecule has 2 N–H and O–H groups in total. The Morgan fingerprint density at radius 2 is 2.18 bits per heavy atom. The number of nitrogens with one attached hydrogen (secondary N) is 2. The van der Waals surface area contributed by atoms with Gasteiger partial charge in [0.15, 0.2) is 5.82 Å². The predicted molar refractivity (Wildman–Crippen MR) is 75.8 cm³/mol. The number of aromatic nitrogens is 5. The van der Waals surface area contributed by atoms with Crippen molar-refractivity contribution in [3.63, 3.8) is 0 Å². The molecular weight excluding hydrogens is 284 g/mol. The molecule has 8 heteroatoms. The Balaban J connectivity index is 1.74. The van der Waals surface area contributed by atoms with E-state index in [1.165, 1.54) is 6.33 Å². The van der Waals surface area contributed by atoms with Gasteiger partial charge < -0.3 is 9.84 Å². The number of aromatic amines is 1. The van der Waals surface area contributed by atoms with Crippen molar-refractivity contribution in [2.24, 2.45) is 0 Å². The van der Waals surface area contributed by atoms with E-state index in [0.29, 0.717) is 12.2 Å². The molecule has 0 radical (unpaired) electrons. The number of para-hydroxylation sites is 1. The topological polar surface area (TPSA) is 110 Å². The fraction of sp³-hybridized carbons (Fsp3) is 0.214. The van der Waals surface area contributed by atoms with E-state index in [1.807, 2.05) is 24.3 Å². The molecule has 3 heterocycles. The maximum atomic E-state index is 12.5. The van der Waals surface area contributed by atoms with Crippen LogP contribution in [0.2, 0.25) is 0 Å². The lowest BCUT2D eigenvalue weighted by Gasteiger charge is -2.30. The highest BCUT2D eigenvalue weighted by atomic mass is 16.5. The molecule has 1 atom stereocenters. The average Bonchev–Trinajstić information content (AvgIpc) is 3.19. The van der Waals surface area contributed by atoms with Gasteiger partial charge in [-0.15, -0.1) is 0 Å². The molecular formula is C14H12N6O2. The van der Waals surface area contributed by atoms with Gasteiger partial charge in [-0.2, -0.15) is 10.1 Å². The maximum absolute atomic E-state index is 12.5. The molecule has 110 valence electrons. The number of rotatable bonds is 2. The highest BCUT2D eigenvalue weighted by Crippen LogP contribution is 2.36. The fourth-order valence-electron chi connectivity index (χ4n) is 2.55. The third kappa shape index (κ3) is 1.80. The summed E-state index contributed by atoms with van der Waals surface area (Å²) in [7, 11) is 0. The second-order valence-corrected chi connectivity index (χ2v) is 5.38. The Bertz CT molecular complexity index is 841. The molecule has 0 spiro atoms.